The molecule has 0 spiro atoms. The van der Waals surface area contributed by atoms with Gasteiger partial charge in [-0.15, -0.1) is 0 Å². The minimum Gasteiger partial charge on any atom is -0.369 e. The summed E-state index contributed by atoms with van der Waals surface area (Å²) in [7, 11) is 0. The minimum absolute atomic E-state index is 0.154. The van der Waals surface area contributed by atoms with Gasteiger partial charge >= 0.3 is 0 Å². The molecule has 1 aromatic rings. The van der Waals surface area contributed by atoms with E-state index in [4.69, 9.17) is 1.37 Å². The van der Waals surface area contributed by atoms with E-state index in [-0.39, 0.29) is 5.78 Å². The van der Waals surface area contributed by atoms with Crippen LogP contribution in [-0.2, 0) is 4.79 Å². The van der Waals surface area contributed by atoms with Crippen molar-refractivity contribution in [2.75, 3.05) is 0 Å². The average Bonchev–Trinajstić information content (AvgIpc) is 3.47. The van der Waals surface area contributed by atoms with Gasteiger partial charge in [0.15, 0.2) is 5.78 Å². The summed E-state index contributed by atoms with van der Waals surface area (Å²) >= 11 is 0. The van der Waals surface area contributed by atoms with Gasteiger partial charge in [-0.05, 0) is 73.2 Å². The first kappa shape index (κ1) is 16.2. The number of H-pyrrole nitrogens is 1. The van der Waals surface area contributed by atoms with Crippen LogP contribution in [0.15, 0.2) is 93.9 Å². The summed E-state index contributed by atoms with van der Waals surface area (Å²) in [5.74, 6) is -0.154. The molecule has 2 unspecified atom stereocenters. The van der Waals surface area contributed by atoms with Gasteiger partial charge in [0.05, 0.1) is 22.8 Å². The van der Waals surface area contributed by atoms with Gasteiger partial charge in [0.25, 0.3) is 0 Å². The number of Topliss-reactive ketones (excluding diaryl/α,β-unsaturated/α-hetero) is 1. The maximum Gasteiger partial charge on any atom is 0.159 e. The molecule has 5 heteroatoms. The fourth-order valence-electron chi connectivity index (χ4n) is 3.72. The lowest BCUT2D eigenvalue weighted by Gasteiger charge is -2.24. The number of aromatic nitrogens is 1. The summed E-state index contributed by atoms with van der Waals surface area (Å²) in [6.45, 7) is 5.37. The Morgan fingerprint density at radius 3 is 2.41 bits per heavy atom. The highest BCUT2D eigenvalue weighted by atomic mass is 16.1. The number of fused-ring (bicyclic) bond motifs is 6. The molecular weight excluding hydrogens is 360 g/mol. The molecule has 0 saturated carbocycles. The van der Waals surface area contributed by atoms with Crippen LogP contribution in [0.2, 0.25) is 0 Å². The predicted octanol–water partition coefficient (Wildman–Crippen LogP) is 2.14. The van der Waals surface area contributed by atoms with E-state index in [1.54, 1.807) is 12.2 Å². The summed E-state index contributed by atoms with van der Waals surface area (Å²) in [6.07, 6.45) is 15.9. The summed E-state index contributed by atoms with van der Waals surface area (Å²) in [5, 5.41) is 5.16. The summed E-state index contributed by atoms with van der Waals surface area (Å²) in [5.41, 5.74) is 3.10. The highest BCUT2D eigenvalue weighted by molar-refractivity contribution is 6.20. The van der Waals surface area contributed by atoms with Crippen LogP contribution >= 0.6 is 0 Å². The Kier molecular flexibility index (Phi) is 3.59. The topological polar surface area (TPSA) is 69.6 Å². The van der Waals surface area contributed by atoms with E-state index < -0.39 is 11.9 Å². The summed E-state index contributed by atoms with van der Waals surface area (Å²) in [6, 6.07) is 3.98. The van der Waals surface area contributed by atoms with E-state index in [0.717, 1.165) is 27.8 Å². The number of carbonyl (C=O) groups excluding carboxylic acids is 1. The molecule has 1 aromatic heterocycles. The quantitative estimate of drug-likeness (QED) is 0.824. The van der Waals surface area contributed by atoms with Gasteiger partial charge in [-0.3, -0.25) is 4.79 Å². The van der Waals surface area contributed by atoms with E-state index in [2.05, 4.69) is 26.9 Å². The van der Waals surface area contributed by atoms with E-state index in [1.807, 2.05) is 54.7 Å². The molecule has 5 rings (SSSR count). The second kappa shape index (κ2) is 6.41. The highest BCUT2D eigenvalue weighted by Gasteiger charge is 2.40. The fourth-order valence-corrected chi connectivity index (χ4v) is 3.72. The molecule has 0 aliphatic carbocycles. The van der Waals surface area contributed by atoms with E-state index in [9.17, 15) is 4.79 Å². The van der Waals surface area contributed by atoms with Crippen LogP contribution in [0.4, 0.5) is 0 Å². The lowest BCUT2D eigenvalue weighted by molar-refractivity contribution is -0.121. The number of nitrogens with zero attached hydrogens (tertiary/aromatic N) is 2. The maximum absolute atomic E-state index is 12.8. The minimum atomic E-state index is -1.22. The Morgan fingerprint density at radius 1 is 1.10 bits per heavy atom. The second-order valence-corrected chi connectivity index (χ2v) is 7.30. The standard InChI is InChI=1S/C24H20N4O/c1-3-16-13-24(15(2)29)14-22-9-8-20(27-22)11-18-5-4-17(25-18)10-19-6-7-21(26-19)12-23(16)28-24/h3-12,14,25,28H,1,13H2,2H3/i13D. The van der Waals surface area contributed by atoms with Crippen molar-refractivity contribution in [1.29, 1.82) is 0 Å². The fraction of sp³-hybridized carbons (Fsp3) is 0.125. The van der Waals surface area contributed by atoms with Gasteiger partial charge in [-0.2, -0.15) is 0 Å². The number of hydrogen-bond acceptors (Lipinski definition) is 4. The Bertz CT molecular complexity index is 1330. The zero-order valence-electron chi connectivity index (χ0n) is 16.9. The summed E-state index contributed by atoms with van der Waals surface area (Å²) in [4.78, 5) is 25.4. The molecule has 0 radical (unpaired) electrons. The van der Waals surface area contributed by atoms with Crippen LogP contribution in [0.3, 0.4) is 0 Å². The average molecular weight is 381 g/mol. The number of hydrogen-bond donors (Lipinski definition) is 2. The smallest absolute Gasteiger partial charge is 0.159 e. The molecule has 4 aliphatic heterocycles. The number of aliphatic imine (C=N–C) groups is 2. The van der Waals surface area contributed by atoms with Crippen molar-refractivity contribution in [3.63, 3.8) is 0 Å². The lowest BCUT2D eigenvalue weighted by atomic mass is 9.89. The summed E-state index contributed by atoms with van der Waals surface area (Å²) < 4.78 is 8.82. The van der Waals surface area contributed by atoms with E-state index in [0.29, 0.717) is 17.0 Å². The van der Waals surface area contributed by atoms with Crippen LogP contribution < -0.4 is 16.0 Å². The first-order valence-corrected chi connectivity index (χ1v) is 9.41. The van der Waals surface area contributed by atoms with Crippen LogP contribution in [-0.4, -0.2) is 27.7 Å². The van der Waals surface area contributed by atoms with Crippen LogP contribution in [0.1, 0.15) is 14.7 Å². The monoisotopic (exact) mass is 381 g/mol. The predicted molar refractivity (Wildman–Crippen MR) is 117 cm³/mol. The number of carbonyl (C=O) groups is 1. The molecule has 2 N–H and O–H groups in total. The number of aromatic amines is 1. The SMILES string of the molecule is [2H]C1C(C=C)=C2C=C3C=CC(=N3)C=c3ccc([nH]3)=CC3=NC(=CC1(C(C)=O)N2)C=C3. The van der Waals surface area contributed by atoms with Gasteiger partial charge in [-0.25, -0.2) is 9.98 Å². The van der Waals surface area contributed by atoms with Crippen molar-refractivity contribution < 1.29 is 6.17 Å². The molecular formula is C24H20N4O. The zero-order chi connectivity index (χ0) is 20.9. The van der Waals surface area contributed by atoms with Crippen LogP contribution in [0.5, 0.6) is 0 Å². The Hall–Kier alpha value is -3.73. The molecule has 142 valence electrons. The van der Waals surface area contributed by atoms with Crippen molar-refractivity contribution in [2.24, 2.45) is 9.98 Å². The van der Waals surface area contributed by atoms with Gasteiger partial charge in [-0.1, -0.05) is 12.7 Å². The molecule has 5 nitrogen and oxygen atoms in total. The second-order valence-electron chi connectivity index (χ2n) is 7.30. The number of nitrogens with one attached hydrogen (secondary N) is 2. The lowest BCUT2D eigenvalue weighted by Crippen LogP contribution is -2.45. The van der Waals surface area contributed by atoms with Crippen molar-refractivity contribution >= 4 is 29.4 Å². The molecule has 8 bridgehead atoms. The molecule has 0 saturated heterocycles. The van der Waals surface area contributed by atoms with Gasteiger partial charge < -0.3 is 10.3 Å². The maximum atomic E-state index is 12.8. The molecule has 29 heavy (non-hydrogen) atoms. The van der Waals surface area contributed by atoms with Gasteiger partial charge in [0.1, 0.15) is 5.54 Å². The first-order chi connectivity index (χ1) is 14.5. The van der Waals surface area contributed by atoms with E-state index >= 15 is 0 Å². The van der Waals surface area contributed by atoms with Crippen molar-refractivity contribution in [3.05, 3.63) is 94.6 Å². The highest BCUT2D eigenvalue weighted by Crippen LogP contribution is 2.34. The third-order valence-corrected chi connectivity index (χ3v) is 5.21. The Labute approximate surface area is 169 Å². The molecule has 2 atom stereocenters. The first-order valence-electron chi connectivity index (χ1n) is 9.99. The van der Waals surface area contributed by atoms with E-state index in [1.165, 1.54) is 6.92 Å². The third kappa shape index (κ3) is 3.10. The van der Waals surface area contributed by atoms with Crippen molar-refractivity contribution in [3.8, 4) is 0 Å². The number of ketones is 1. The molecule has 0 fully saturated rings. The number of rotatable bonds is 2. The normalized spacial score (nSPS) is 27.2. The zero-order valence-corrected chi connectivity index (χ0v) is 15.9. The Morgan fingerprint density at radius 2 is 1.76 bits per heavy atom. The van der Waals surface area contributed by atoms with Crippen molar-refractivity contribution in [2.45, 2.75) is 18.9 Å². The largest absolute Gasteiger partial charge is 0.369 e. The Balaban J connectivity index is 1.76. The third-order valence-electron chi connectivity index (χ3n) is 5.21. The van der Waals surface area contributed by atoms with Crippen LogP contribution in [0.25, 0.3) is 12.2 Å². The van der Waals surface area contributed by atoms with Crippen LogP contribution in [0, 0.1) is 0 Å². The molecule has 0 aromatic carbocycles. The van der Waals surface area contributed by atoms with Gasteiger partial charge in [0, 0.05) is 24.2 Å². The number of allylic oxidation sites excluding steroid dienone is 6. The molecule has 0 amide bonds. The molecule has 5 heterocycles. The molecule has 4 aliphatic rings. The van der Waals surface area contributed by atoms with Gasteiger partial charge in [0.2, 0.25) is 0 Å². The van der Waals surface area contributed by atoms with Crippen molar-refractivity contribution in [1.82, 2.24) is 10.3 Å².